The molecule has 1 fully saturated rings. The van der Waals surface area contributed by atoms with Crippen LogP contribution in [-0.2, 0) is 17.4 Å². The number of rotatable bonds is 4. The molecule has 2 aliphatic heterocycles. The number of carbonyl (C=O) groups excluding carboxylic acids is 1. The highest BCUT2D eigenvalue weighted by Crippen LogP contribution is 2.33. The first-order valence-electron chi connectivity index (χ1n) is 11.7. The predicted octanol–water partition coefficient (Wildman–Crippen LogP) is 3.08. The van der Waals surface area contributed by atoms with Crippen molar-refractivity contribution < 1.29 is 13.4 Å². The molecule has 0 bridgehead atoms. The molecule has 2 aromatic carbocycles. The number of fused-ring (bicyclic) bond motifs is 1. The van der Waals surface area contributed by atoms with Gasteiger partial charge < -0.3 is 16.0 Å². The minimum absolute atomic E-state index is 0.0895. The molecule has 1 saturated heterocycles. The lowest BCUT2D eigenvalue weighted by atomic mass is 9.94. The molecule has 35 heavy (non-hydrogen) atoms. The van der Waals surface area contributed by atoms with Crippen LogP contribution in [0.2, 0.25) is 0 Å². The van der Waals surface area contributed by atoms with Gasteiger partial charge in [-0.15, -0.1) is 0 Å². The molecule has 0 aliphatic carbocycles. The number of nitrogens with zero attached hydrogens (tertiary/aromatic N) is 3. The number of nitrogen functional groups attached to an aromatic ring is 1. The van der Waals surface area contributed by atoms with Gasteiger partial charge in [0.15, 0.2) is 0 Å². The summed E-state index contributed by atoms with van der Waals surface area (Å²) >= 11 is 0. The summed E-state index contributed by atoms with van der Waals surface area (Å²) in [5, 5.41) is 2.83. The number of nitrogens with two attached hydrogens (primary N) is 1. The van der Waals surface area contributed by atoms with Crippen molar-refractivity contribution in [1.82, 2.24) is 19.5 Å². The van der Waals surface area contributed by atoms with E-state index >= 15 is 0 Å². The van der Waals surface area contributed by atoms with Crippen molar-refractivity contribution in [2.24, 2.45) is 0 Å². The summed E-state index contributed by atoms with van der Waals surface area (Å²) in [6.07, 6.45) is 1.70. The third kappa shape index (κ3) is 4.84. The van der Waals surface area contributed by atoms with Crippen LogP contribution < -0.4 is 11.1 Å². The molecule has 3 heterocycles. The Morgan fingerprint density at radius 3 is 2.54 bits per heavy atom. The summed E-state index contributed by atoms with van der Waals surface area (Å²) in [5.74, 6) is -0.656. The molecule has 0 saturated carbocycles. The molecular weight excluding hydrogens is 465 g/mol. The topological polar surface area (TPSA) is 91.6 Å². The molecule has 1 atom stereocenters. The Labute approximate surface area is 206 Å². The first-order chi connectivity index (χ1) is 16.9. The monoisotopic (exact) mass is 493 g/mol. The van der Waals surface area contributed by atoms with Crippen molar-refractivity contribution >= 4 is 22.7 Å². The van der Waals surface area contributed by atoms with Gasteiger partial charge in [-0.2, -0.15) is 4.39 Å². The van der Waals surface area contributed by atoms with Gasteiger partial charge in [0.1, 0.15) is 16.8 Å². The van der Waals surface area contributed by atoms with Crippen LogP contribution in [0.3, 0.4) is 0 Å². The highest BCUT2D eigenvalue weighted by atomic mass is 32.2. The summed E-state index contributed by atoms with van der Waals surface area (Å²) in [6, 6.07) is 14.3. The van der Waals surface area contributed by atoms with Crippen molar-refractivity contribution in [3.8, 4) is 22.3 Å². The summed E-state index contributed by atoms with van der Waals surface area (Å²) in [5.41, 5.74) is 10.0. The predicted molar refractivity (Wildman–Crippen MR) is 136 cm³/mol. The minimum atomic E-state index is -1.26. The summed E-state index contributed by atoms with van der Waals surface area (Å²) < 4.78 is 29.9. The van der Waals surface area contributed by atoms with Crippen LogP contribution in [0, 0.1) is 5.95 Å². The standard InChI is InChI=1S/C26H28FN5O2S/c1-31-11-2-12-32(14-13-31)35(34)20-6-3-17(4-7-20)22-16-23(25(28)30-24(22)27)18-5-8-21-19(15-18)9-10-29-26(21)33/h3-8,15-16H,2,9-14H2,1H3,(H2,28,30)(H,29,33). The van der Waals surface area contributed by atoms with E-state index in [1.165, 1.54) is 0 Å². The average molecular weight is 494 g/mol. The number of hydrogen-bond donors (Lipinski definition) is 2. The van der Waals surface area contributed by atoms with Crippen molar-refractivity contribution in [3.05, 3.63) is 65.6 Å². The second-order valence-electron chi connectivity index (χ2n) is 9.00. The number of nitrogens with one attached hydrogen (secondary N) is 1. The average Bonchev–Trinajstić information content (AvgIpc) is 3.08. The maximum Gasteiger partial charge on any atom is 0.251 e. The largest absolute Gasteiger partial charge is 0.383 e. The van der Waals surface area contributed by atoms with Gasteiger partial charge in [-0.05, 0) is 67.4 Å². The molecule has 1 unspecified atom stereocenters. The molecular formula is C26H28FN5O2S. The van der Waals surface area contributed by atoms with E-state index in [-0.39, 0.29) is 11.7 Å². The number of carbonyl (C=O) groups is 1. The van der Waals surface area contributed by atoms with E-state index in [1.807, 2.05) is 16.4 Å². The Morgan fingerprint density at radius 1 is 0.971 bits per heavy atom. The lowest BCUT2D eigenvalue weighted by Crippen LogP contribution is -2.31. The van der Waals surface area contributed by atoms with E-state index in [0.29, 0.717) is 33.7 Å². The number of benzene rings is 2. The van der Waals surface area contributed by atoms with Crippen LogP contribution in [0.25, 0.3) is 22.3 Å². The third-order valence-electron chi connectivity index (χ3n) is 6.63. The molecule has 5 rings (SSSR count). The van der Waals surface area contributed by atoms with Crippen LogP contribution in [0.5, 0.6) is 0 Å². The van der Waals surface area contributed by atoms with E-state index in [4.69, 9.17) is 5.73 Å². The molecule has 7 nitrogen and oxygen atoms in total. The van der Waals surface area contributed by atoms with Crippen molar-refractivity contribution in [1.29, 1.82) is 0 Å². The molecule has 1 amide bonds. The van der Waals surface area contributed by atoms with Gasteiger partial charge in [0, 0.05) is 42.9 Å². The molecule has 9 heteroatoms. The fourth-order valence-corrected chi connectivity index (χ4v) is 5.83. The van der Waals surface area contributed by atoms with Gasteiger partial charge in [0.05, 0.1) is 4.90 Å². The van der Waals surface area contributed by atoms with Crippen LogP contribution >= 0.6 is 0 Å². The van der Waals surface area contributed by atoms with Gasteiger partial charge in [-0.3, -0.25) is 4.79 Å². The Balaban J connectivity index is 1.43. The minimum Gasteiger partial charge on any atom is -0.383 e. The smallest absolute Gasteiger partial charge is 0.251 e. The molecule has 0 radical (unpaired) electrons. The van der Waals surface area contributed by atoms with Gasteiger partial charge in [0.2, 0.25) is 5.95 Å². The van der Waals surface area contributed by atoms with E-state index in [0.717, 1.165) is 50.1 Å². The van der Waals surface area contributed by atoms with Crippen molar-refractivity contribution in [3.63, 3.8) is 0 Å². The Hall–Kier alpha value is -3.14. The third-order valence-corrected chi connectivity index (χ3v) is 8.14. The molecule has 1 aromatic heterocycles. The highest BCUT2D eigenvalue weighted by molar-refractivity contribution is 7.82. The van der Waals surface area contributed by atoms with Crippen LogP contribution in [0.4, 0.5) is 10.2 Å². The Kier molecular flexibility index (Phi) is 6.64. The maximum absolute atomic E-state index is 14.9. The van der Waals surface area contributed by atoms with Crippen molar-refractivity contribution in [2.45, 2.75) is 17.7 Å². The number of likely N-dealkylation sites (N-methyl/N-ethyl adjacent to an activating group) is 1. The second-order valence-corrected chi connectivity index (χ2v) is 10.5. The molecule has 2 aliphatic rings. The van der Waals surface area contributed by atoms with E-state index < -0.39 is 16.9 Å². The lowest BCUT2D eigenvalue weighted by Gasteiger charge is -2.19. The summed E-state index contributed by atoms with van der Waals surface area (Å²) in [7, 11) is 0.811. The van der Waals surface area contributed by atoms with E-state index in [1.54, 1.807) is 36.4 Å². The zero-order valence-corrected chi connectivity index (χ0v) is 20.4. The number of aromatic nitrogens is 1. The van der Waals surface area contributed by atoms with Gasteiger partial charge >= 0.3 is 0 Å². The molecule has 182 valence electrons. The summed E-state index contributed by atoms with van der Waals surface area (Å²) in [4.78, 5) is 19.0. The SMILES string of the molecule is CN1CCCN(S(=O)c2ccc(-c3cc(-c4ccc5c(c4)CCNC5=O)c(N)nc3F)cc2)CC1. The first kappa shape index (κ1) is 23.6. The summed E-state index contributed by atoms with van der Waals surface area (Å²) in [6.45, 7) is 3.98. The fourth-order valence-electron chi connectivity index (χ4n) is 4.62. The van der Waals surface area contributed by atoms with E-state index in [2.05, 4.69) is 22.2 Å². The van der Waals surface area contributed by atoms with Gasteiger partial charge in [-0.1, -0.05) is 24.3 Å². The Bertz CT molecular complexity index is 1300. The number of amides is 1. The molecule has 3 N–H and O–H groups in total. The highest BCUT2D eigenvalue weighted by Gasteiger charge is 2.21. The molecule has 3 aromatic rings. The normalized spacial score (nSPS) is 17.9. The number of halogens is 1. The van der Waals surface area contributed by atoms with E-state index in [9.17, 15) is 13.4 Å². The maximum atomic E-state index is 14.9. The Morgan fingerprint density at radius 2 is 1.74 bits per heavy atom. The number of hydrogen-bond acceptors (Lipinski definition) is 5. The van der Waals surface area contributed by atoms with Crippen molar-refractivity contribution in [2.75, 3.05) is 45.5 Å². The first-order valence-corrected chi connectivity index (χ1v) is 12.8. The van der Waals surface area contributed by atoms with Gasteiger partial charge in [0.25, 0.3) is 5.91 Å². The van der Waals surface area contributed by atoms with Crippen LogP contribution in [0.1, 0.15) is 22.3 Å². The lowest BCUT2D eigenvalue weighted by molar-refractivity contribution is 0.0946. The number of pyridine rings is 1. The zero-order chi connectivity index (χ0) is 24.5. The van der Waals surface area contributed by atoms with Gasteiger partial charge in [-0.25, -0.2) is 13.5 Å². The molecule has 0 spiro atoms. The quantitative estimate of drug-likeness (QED) is 0.545. The van der Waals surface area contributed by atoms with Crippen LogP contribution in [0.15, 0.2) is 53.4 Å². The number of anilines is 1. The fraction of sp³-hybridized carbons (Fsp3) is 0.308. The zero-order valence-electron chi connectivity index (χ0n) is 19.6. The van der Waals surface area contributed by atoms with Crippen LogP contribution in [-0.4, -0.2) is 64.1 Å². The second kappa shape index (κ2) is 9.85.